The summed E-state index contributed by atoms with van der Waals surface area (Å²) in [4.78, 5) is 13.1. The Balaban J connectivity index is 2.36. The first-order chi connectivity index (χ1) is 28.2. The number of hydrogen-bond acceptors (Lipinski definition) is 10. The van der Waals surface area contributed by atoms with Crippen LogP contribution in [0.3, 0.4) is 0 Å². The molecular formula is C47H91NO10. The molecule has 11 heteroatoms. The lowest BCUT2D eigenvalue weighted by Gasteiger charge is -2.40. The Kier molecular flexibility index (Phi) is 35.6. The van der Waals surface area contributed by atoms with E-state index >= 15 is 0 Å². The van der Waals surface area contributed by atoms with Gasteiger partial charge in [0.05, 0.1) is 25.4 Å². The summed E-state index contributed by atoms with van der Waals surface area (Å²) < 4.78 is 11.1. The number of ether oxygens (including phenoxy) is 2. The molecule has 9 atom stereocenters. The zero-order valence-electron chi connectivity index (χ0n) is 37.0. The third-order valence-corrected chi connectivity index (χ3v) is 11.8. The van der Waals surface area contributed by atoms with Gasteiger partial charge in [-0.25, -0.2) is 0 Å². The van der Waals surface area contributed by atoms with E-state index in [-0.39, 0.29) is 12.8 Å². The van der Waals surface area contributed by atoms with Crippen molar-refractivity contribution in [1.29, 1.82) is 0 Å². The number of carbonyl (C=O) groups excluding carboxylic acids is 1. The van der Waals surface area contributed by atoms with Gasteiger partial charge in [-0.15, -0.1) is 0 Å². The average molecular weight is 830 g/mol. The van der Waals surface area contributed by atoms with E-state index in [1.165, 1.54) is 135 Å². The first-order valence-corrected chi connectivity index (χ1v) is 24.1. The van der Waals surface area contributed by atoms with Crippen LogP contribution < -0.4 is 5.32 Å². The maximum atomic E-state index is 13.1. The molecule has 0 bridgehead atoms. The monoisotopic (exact) mass is 830 g/mol. The van der Waals surface area contributed by atoms with E-state index in [0.717, 1.165) is 38.5 Å². The third-order valence-electron chi connectivity index (χ3n) is 11.8. The lowest BCUT2D eigenvalue weighted by atomic mass is 9.98. The number of carbonyl (C=O) groups is 1. The van der Waals surface area contributed by atoms with E-state index in [1.54, 1.807) is 0 Å². The first-order valence-electron chi connectivity index (χ1n) is 24.1. The predicted molar refractivity (Wildman–Crippen MR) is 233 cm³/mol. The molecule has 0 aromatic rings. The van der Waals surface area contributed by atoms with Crippen molar-refractivity contribution in [3.63, 3.8) is 0 Å². The van der Waals surface area contributed by atoms with E-state index in [4.69, 9.17) is 9.47 Å². The summed E-state index contributed by atoms with van der Waals surface area (Å²) >= 11 is 0. The Hall–Kier alpha value is -1.15. The number of allylic oxidation sites excluding steroid dienone is 2. The highest BCUT2D eigenvalue weighted by molar-refractivity contribution is 5.80. The van der Waals surface area contributed by atoms with Crippen LogP contribution in [0.25, 0.3) is 0 Å². The van der Waals surface area contributed by atoms with Crippen LogP contribution in [0.4, 0.5) is 0 Å². The molecule has 0 aliphatic carbocycles. The molecule has 8 N–H and O–H groups in total. The van der Waals surface area contributed by atoms with Crippen LogP contribution in [0, 0.1) is 0 Å². The molecule has 1 aliphatic heterocycles. The van der Waals surface area contributed by atoms with Gasteiger partial charge in [0.2, 0.25) is 5.91 Å². The highest BCUT2D eigenvalue weighted by Gasteiger charge is 2.44. The molecule has 58 heavy (non-hydrogen) atoms. The molecule has 0 aromatic carbocycles. The molecule has 0 saturated carbocycles. The van der Waals surface area contributed by atoms with Crippen LogP contribution in [-0.2, 0) is 14.3 Å². The molecule has 1 fully saturated rings. The fourth-order valence-corrected chi connectivity index (χ4v) is 7.79. The molecule has 9 unspecified atom stereocenters. The first kappa shape index (κ1) is 54.9. The van der Waals surface area contributed by atoms with Crippen LogP contribution in [0.1, 0.15) is 213 Å². The lowest BCUT2D eigenvalue weighted by Crippen LogP contribution is -2.60. The number of aliphatic hydroxyl groups is 7. The van der Waals surface area contributed by atoms with Gasteiger partial charge in [0, 0.05) is 0 Å². The lowest BCUT2D eigenvalue weighted by molar-refractivity contribution is -0.303. The van der Waals surface area contributed by atoms with E-state index in [2.05, 4.69) is 31.3 Å². The number of rotatable bonds is 40. The maximum absolute atomic E-state index is 13.1. The van der Waals surface area contributed by atoms with Crippen LogP contribution >= 0.6 is 0 Å². The maximum Gasteiger partial charge on any atom is 0.249 e. The quantitative estimate of drug-likeness (QED) is 0.0222. The van der Waals surface area contributed by atoms with Crippen molar-refractivity contribution in [3.8, 4) is 0 Å². The van der Waals surface area contributed by atoms with Crippen molar-refractivity contribution in [1.82, 2.24) is 5.32 Å². The van der Waals surface area contributed by atoms with Crippen LogP contribution in [0.5, 0.6) is 0 Å². The van der Waals surface area contributed by atoms with Gasteiger partial charge in [0.25, 0.3) is 0 Å². The second-order valence-corrected chi connectivity index (χ2v) is 17.2. The van der Waals surface area contributed by atoms with Gasteiger partial charge >= 0.3 is 0 Å². The second-order valence-electron chi connectivity index (χ2n) is 17.2. The minimum atomic E-state index is -1.66. The summed E-state index contributed by atoms with van der Waals surface area (Å²) in [7, 11) is 0. The Morgan fingerprint density at radius 2 is 1.02 bits per heavy atom. The van der Waals surface area contributed by atoms with Crippen LogP contribution in [0.2, 0.25) is 0 Å². The molecule has 1 rings (SSSR count). The summed E-state index contributed by atoms with van der Waals surface area (Å²) in [6.45, 7) is 3.40. The minimum absolute atomic E-state index is 0.259. The molecule has 0 aromatic heterocycles. The topological polar surface area (TPSA) is 189 Å². The van der Waals surface area contributed by atoms with Crippen molar-refractivity contribution in [2.45, 2.75) is 268 Å². The van der Waals surface area contributed by atoms with Gasteiger partial charge in [0.1, 0.15) is 36.6 Å². The average Bonchev–Trinajstić information content (AvgIpc) is 3.22. The van der Waals surface area contributed by atoms with E-state index in [0.29, 0.717) is 12.8 Å². The van der Waals surface area contributed by atoms with Gasteiger partial charge in [-0.2, -0.15) is 0 Å². The summed E-state index contributed by atoms with van der Waals surface area (Å²) in [5, 5.41) is 75.5. The minimum Gasteiger partial charge on any atom is -0.394 e. The zero-order valence-corrected chi connectivity index (χ0v) is 37.0. The van der Waals surface area contributed by atoms with Crippen molar-refractivity contribution in [2.24, 2.45) is 0 Å². The Bertz CT molecular complexity index is 954. The second kappa shape index (κ2) is 37.6. The third kappa shape index (κ3) is 26.9. The summed E-state index contributed by atoms with van der Waals surface area (Å²) in [6.07, 6.45) is 28.5. The molecule has 11 nitrogen and oxygen atoms in total. The molecule has 1 amide bonds. The zero-order chi connectivity index (χ0) is 42.6. The standard InChI is InChI=1S/C47H91NO10/c1-3-5-7-9-11-13-15-16-17-18-19-20-21-22-23-24-25-27-29-31-33-35-40(51)46(56)48-38(37-57-47-45(55)44(54)43(53)41(36-49)58-47)42(52)39(50)34-32-30-28-26-14-12-10-8-6-4-2/h26,28,38-45,47,49-55H,3-25,27,29-37H2,1-2H3,(H,48,56)/b28-26+. The molecule has 0 spiro atoms. The number of unbranched alkanes of at least 4 members (excludes halogenated alkanes) is 26. The Morgan fingerprint density at radius 1 is 0.586 bits per heavy atom. The normalized spacial score (nSPS) is 22.0. The van der Waals surface area contributed by atoms with Crippen LogP contribution in [0.15, 0.2) is 12.2 Å². The van der Waals surface area contributed by atoms with Gasteiger partial charge in [0.15, 0.2) is 6.29 Å². The molecule has 0 radical (unpaired) electrons. The van der Waals surface area contributed by atoms with Crippen molar-refractivity contribution >= 4 is 5.91 Å². The predicted octanol–water partition coefficient (Wildman–Crippen LogP) is 8.06. The van der Waals surface area contributed by atoms with Gasteiger partial charge in [-0.1, -0.05) is 187 Å². The van der Waals surface area contributed by atoms with Crippen molar-refractivity contribution < 1.29 is 50.0 Å². The molecule has 1 heterocycles. The number of hydrogen-bond donors (Lipinski definition) is 8. The van der Waals surface area contributed by atoms with E-state index in [1.807, 2.05) is 0 Å². The SMILES string of the molecule is CCCCCCC/C=C/CCCC(O)C(O)C(COC1OC(CO)C(O)C(O)C1O)NC(=O)C(O)CCCCCCCCCCCCCCCCCCCCCCC. The fraction of sp³-hybridized carbons (Fsp3) is 0.936. The summed E-state index contributed by atoms with van der Waals surface area (Å²) in [5.41, 5.74) is 0. The smallest absolute Gasteiger partial charge is 0.249 e. The summed E-state index contributed by atoms with van der Waals surface area (Å²) in [6, 6.07) is -1.18. The van der Waals surface area contributed by atoms with Crippen molar-refractivity contribution in [3.05, 3.63) is 12.2 Å². The van der Waals surface area contributed by atoms with E-state index < -0.39 is 74.2 Å². The van der Waals surface area contributed by atoms with Gasteiger partial charge in [-0.05, 0) is 38.5 Å². The highest BCUT2D eigenvalue weighted by Crippen LogP contribution is 2.23. The Morgan fingerprint density at radius 3 is 1.48 bits per heavy atom. The molecule has 1 aliphatic rings. The molecule has 344 valence electrons. The number of aliphatic hydroxyl groups excluding tert-OH is 7. The number of amides is 1. The summed E-state index contributed by atoms with van der Waals surface area (Å²) in [5.74, 6) is -0.705. The van der Waals surface area contributed by atoms with Crippen molar-refractivity contribution in [2.75, 3.05) is 13.2 Å². The van der Waals surface area contributed by atoms with E-state index in [9.17, 15) is 40.5 Å². The largest absolute Gasteiger partial charge is 0.394 e. The molecular weight excluding hydrogens is 739 g/mol. The van der Waals surface area contributed by atoms with Gasteiger partial charge in [-0.3, -0.25) is 4.79 Å². The van der Waals surface area contributed by atoms with Crippen LogP contribution in [-0.4, -0.2) is 110 Å². The Labute approximate surface area is 353 Å². The fourth-order valence-electron chi connectivity index (χ4n) is 7.79. The molecule has 1 saturated heterocycles. The highest BCUT2D eigenvalue weighted by atomic mass is 16.7. The number of nitrogens with one attached hydrogen (secondary N) is 1. The van der Waals surface area contributed by atoms with Gasteiger partial charge < -0.3 is 50.5 Å².